The maximum absolute atomic E-state index is 12.5. The quantitative estimate of drug-likeness (QED) is 0.661. The fraction of sp³-hybridized carbons (Fsp3) is 0.350. The number of hydrogen-bond acceptors (Lipinski definition) is 5. The molecule has 0 saturated heterocycles. The predicted molar refractivity (Wildman–Crippen MR) is 103 cm³/mol. The number of anilines is 1. The van der Waals surface area contributed by atoms with Crippen LogP contribution in [0, 0.1) is 0 Å². The molecule has 1 aromatic heterocycles. The van der Waals surface area contributed by atoms with Crippen LogP contribution in [0.5, 0.6) is 5.88 Å². The lowest BCUT2D eigenvalue weighted by Gasteiger charge is -2.11. The van der Waals surface area contributed by atoms with Gasteiger partial charge in [-0.25, -0.2) is 4.98 Å². The molecule has 2 aromatic rings. The van der Waals surface area contributed by atoms with Crippen LogP contribution < -0.4 is 15.4 Å². The number of benzene rings is 1. The number of carbonyl (C=O) groups excluding carboxylic acids is 2. The average Bonchev–Trinajstić information content (AvgIpc) is 2.63. The first-order chi connectivity index (χ1) is 13.0. The van der Waals surface area contributed by atoms with Crippen LogP contribution in [0.1, 0.15) is 29.8 Å². The third-order valence-electron chi connectivity index (χ3n) is 3.57. The number of hydrogen-bond donors (Lipinski definition) is 2. The van der Waals surface area contributed by atoms with Crippen molar-refractivity contribution in [1.82, 2.24) is 10.3 Å². The summed E-state index contributed by atoms with van der Waals surface area (Å²) in [6.07, 6.45) is 1.86. The van der Waals surface area contributed by atoms with Gasteiger partial charge in [0.15, 0.2) is 0 Å². The van der Waals surface area contributed by atoms with E-state index in [1.165, 1.54) is 0 Å². The molecule has 144 valence electrons. The summed E-state index contributed by atoms with van der Waals surface area (Å²) in [4.78, 5) is 28.4. The highest BCUT2D eigenvalue weighted by Gasteiger charge is 2.14. The predicted octanol–water partition coefficient (Wildman–Crippen LogP) is 2.43. The van der Waals surface area contributed by atoms with Gasteiger partial charge in [0.2, 0.25) is 11.8 Å². The van der Waals surface area contributed by atoms with Crippen LogP contribution in [0.3, 0.4) is 0 Å². The SMILES string of the molecule is COCCOc1ncccc1C(=O)Nc1ccc(CC(=O)NC(C)C)cc1. The minimum Gasteiger partial charge on any atom is -0.475 e. The maximum Gasteiger partial charge on any atom is 0.261 e. The Morgan fingerprint density at radius 1 is 1.11 bits per heavy atom. The highest BCUT2D eigenvalue weighted by atomic mass is 16.5. The summed E-state index contributed by atoms with van der Waals surface area (Å²) < 4.78 is 10.4. The molecule has 0 aliphatic carbocycles. The molecule has 2 rings (SSSR count). The van der Waals surface area contributed by atoms with E-state index in [1.54, 1.807) is 37.6 Å². The highest BCUT2D eigenvalue weighted by Crippen LogP contribution is 2.17. The van der Waals surface area contributed by atoms with E-state index in [0.29, 0.717) is 30.9 Å². The third-order valence-corrected chi connectivity index (χ3v) is 3.57. The van der Waals surface area contributed by atoms with Crippen LogP contribution in [0.4, 0.5) is 5.69 Å². The van der Waals surface area contributed by atoms with Gasteiger partial charge in [-0.15, -0.1) is 0 Å². The normalized spacial score (nSPS) is 10.5. The summed E-state index contributed by atoms with van der Waals surface area (Å²) in [6.45, 7) is 4.55. The monoisotopic (exact) mass is 371 g/mol. The van der Waals surface area contributed by atoms with E-state index < -0.39 is 0 Å². The van der Waals surface area contributed by atoms with E-state index in [-0.39, 0.29) is 23.7 Å². The lowest BCUT2D eigenvalue weighted by atomic mass is 10.1. The van der Waals surface area contributed by atoms with Gasteiger partial charge < -0.3 is 20.1 Å². The molecule has 1 aromatic carbocycles. The van der Waals surface area contributed by atoms with Crippen LogP contribution in [0.25, 0.3) is 0 Å². The Hall–Kier alpha value is -2.93. The molecule has 2 amide bonds. The zero-order valence-electron chi connectivity index (χ0n) is 15.8. The van der Waals surface area contributed by atoms with Gasteiger partial charge in [0.25, 0.3) is 5.91 Å². The van der Waals surface area contributed by atoms with Gasteiger partial charge in [-0.05, 0) is 43.7 Å². The van der Waals surface area contributed by atoms with Crippen LogP contribution in [-0.4, -0.2) is 43.2 Å². The molecular weight excluding hydrogens is 346 g/mol. The Kier molecular flexibility index (Phi) is 7.76. The van der Waals surface area contributed by atoms with E-state index in [1.807, 2.05) is 26.0 Å². The zero-order valence-corrected chi connectivity index (χ0v) is 15.8. The van der Waals surface area contributed by atoms with Crippen LogP contribution in [0.2, 0.25) is 0 Å². The first-order valence-electron chi connectivity index (χ1n) is 8.76. The summed E-state index contributed by atoms with van der Waals surface area (Å²) in [7, 11) is 1.57. The van der Waals surface area contributed by atoms with Gasteiger partial charge in [0, 0.05) is 25.0 Å². The fourth-order valence-corrected chi connectivity index (χ4v) is 2.36. The summed E-state index contributed by atoms with van der Waals surface area (Å²) >= 11 is 0. The van der Waals surface area contributed by atoms with Gasteiger partial charge in [-0.1, -0.05) is 12.1 Å². The van der Waals surface area contributed by atoms with Crippen molar-refractivity contribution in [3.05, 3.63) is 53.7 Å². The minimum absolute atomic E-state index is 0.0324. The van der Waals surface area contributed by atoms with Gasteiger partial charge in [-0.2, -0.15) is 0 Å². The molecule has 0 saturated carbocycles. The van der Waals surface area contributed by atoms with E-state index >= 15 is 0 Å². The van der Waals surface area contributed by atoms with Crippen molar-refractivity contribution in [3.63, 3.8) is 0 Å². The number of pyridine rings is 1. The van der Waals surface area contributed by atoms with Crippen molar-refractivity contribution < 1.29 is 19.1 Å². The average molecular weight is 371 g/mol. The molecule has 0 aliphatic rings. The molecule has 27 heavy (non-hydrogen) atoms. The van der Waals surface area contributed by atoms with Crippen molar-refractivity contribution in [2.75, 3.05) is 25.6 Å². The van der Waals surface area contributed by atoms with E-state index in [2.05, 4.69) is 15.6 Å². The smallest absolute Gasteiger partial charge is 0.261 e. The molecule has 0 bridgehead atoms. The number of aromatic nitrogens is 1. The first-order valence-corrected chi connectivity index (χ1v) is 8.76. The van der Waals surface area contributed by atoms with Gasteiger partial charge in [0.1, 0.15) is 12.2 Å². The second-order valence-electron chi connectivity index (χ2n) is 6.25. The molecule has 7 heteroatoms. The van der Waals surface area contributed by atoms with Gasteiger partial charge >= 0.3 is 0 Å². The molecule has 0 atom stereocenters. The molecule has 2 N–H and O–H groups in total. The molecule has 0 fully saturated rings. The Bertz CT molecular complexity index is 760. The summed E-state index contributed by atoms with van der Waals surface area (Å²) in [5.41, 5.74) is 1.84. The number of methoxy groups -OCH3 is 1. The van der Waals surface area contributed by atoms with E-state index in [9.17, 15) is 9.59 Å². The fourth-order valence-electron chi connectivity index (χ4n) is 2.36. The number of rotatable bonds is 9. The second kappa shape index (κ2) is 10.3. The maximum atomic E-state index is 12.5. The van der Waals surface area contributed by atoms with Crippen LogP contribution in [-0.2, 0) is 16.0 Å². The third kappa shape index (κ3) is 6.71. The van der Waals surface area contributed by atoms with Crippen molar-refractivity contribution >= 4 is 17.5 Å². The number of nitrogens with zero attached hydrogens (tertiary/aromatic N) is 1. The second-order valence-corrected chi connectivity index (χ2v) is 6.25. The summed E-state index contributed by atoms with van der Waals surface area (Å²) in [5, 5.41) is 5.66. The Labute approximate surface area is 159 Å². The summed E-state index contributed by atoms with van der Waals surface area (Å²) in [5.74, 6) is -0.0927. The van der Waals surface area contributed by atoms with Gasteiger partial charge in [-0.3, -0.25) is 9.59 Å². The van der Waals surface area contributed by atoms with Crippen molar-refractivity contribution in [2.45, 2.75) is 26.3 Å². The lowest BCUT2D eigenvalue weighted by Crippen LogP contribution is -2.31. The first kappa shape index (κ1) is 20.4. The number of ether oxygens (including phenoxy) is 2. The van der Waals surface area contributed by atoms with E-state index in [0.717, 1.165) is 5.56 Å². The Morgan fingerprint density at radius 3 is 2.52 bits per heavy atom. The van der Waals surface area contributed by atoms with Crippen LogP contribution >= 0.6 is 0 Å². The number of amides is 2. The molecular formula is C20H25N3O4. The summed E-state index contributed by atoms with van der Waals surface area (Å²) in [6, 6.07) is 10.6. The largest absolute Gasteiger partial charge is 0.475 e. The molecule has 7 nitrogen and oxygen atoms in total. The molecule has 1 heterocycles. The lowest BCUT2D eigenvalue weighted by molar-refractivity contribution is -0.120. The molecule has 0 radical (unpaired) electrons. The van der Waals surface area contributed by atoms with Crippen LogP contribution in [0.15, 0.2) is 42.6 Å². The molecule has 0 aliphatic heterocycles. The standard InChI is InChI=1S/C20H25N3O4/c1-14(2)22-18(24)13-15-6-8-16(9-7-15)23-19(25)17-5-4-10-21-20(17)27-12-11-26-3/h4-10,14H,11-13H2,1-3H3,(H,22,24)(H,23,25). The zero-order chi connectivity index (χ0) is 19.6. The number of nitrogens with one attached hydrogen (secondary N) is 2. The Balaban J connectivity index is 1.99. The minimum atomic E-state index is -0.319. The van der Waals surface area contributed by atoms with E-state index in [4.69, 9.17) is 9.47 Å². The molecule has 0 unspecified atom stereocenters. The van der Waals surface area contributed by atoms with Crippen molar-refractivity contribution in [1.29, 1.82) is 0 Å². The Morgan fingerprint density at radius 2 is 1.85 bits per heavy atom. The van der Waals surface area contributed by atoms with Gasteiger partial charge in [0.05, 0.1) is 13.0 Å². The van der Waals surface area contributed by atoms with Crippen molar-refractivity contribution in [3.8, 4) is 5.88 Å². The van der Waals surface area contributed by atoms with Crippen molar-refractivity contribution in [2.24, 2.45) is 0 Å². The highest BCUT2D eigenvalue weighted by molar-refractivity contribution is 6.05. The molecule has 0 spiro atoms. The number of carbonyl (C=O) groups is 2. The topological polar surface area (TPSA) is 89.6 Å².